The molecule has 1 aliphatic heterocycles. The minimum Gasteiger partial charge on any atom is -0.488 e. The lowest BCUT2D eigenvalue weighted by Crippen LogP contribution is -2.21. The molecule has 0 bridgehead atoms. The lowest BCUT2D eigenvalue weighted by molar-refractivity contribution is 0.0533. The Morgan fingerprint density at radius 2 is 2.43 bits per heavy atom. The van der Waals surface area contributed by atoms with Crippen molar-refractivity contribution in [3.05, 3.63) is 28.0 Å². The molecule has 1 unspecified atom stereocenters. The smallest absolute Gasteiger partial charge is 0.165 e. The molecule has 0 fully saturated rings. The zero-order valence-corrected chi connectivity index (χ0v) is 9.10. The monoisotopic (exact) mass is 261 g/mol. The van der Waals surface area contributed by atoms with E-state index in [1.54, 1.807) is 6.07 Å². The molecule has 1 aliphatic rings. The number of hydrogen-bond acceptors (Lipinski definition) is 3. The Kier molecular flexibility index (Phi) is 2.71. The third-order valence-corrected chi connectivity index (χ3v) is 2.79. The zero-order valence-electron chi connectivity index (χ0n) is 7.51. The number of rotatable bonds is 2. The van der Waals surface area contributed by atoms with Gasteiger partial charge in [-0.25, -0.2) is 4.39 Å². The summed E-state index contributed by atoms with van der Waals surface area (Å²) in [5.74, 6) is -0.0440. The van der Waals surface area contributed by atoms with Gasteiger partial charge in [0.1, 0.15) is 6.61 Å². The van der Waals surface area contributed by atoms with Crippen LogP contribution in [0.2, 0.25) is 0 Å². The van der Waals surface area contributed by atoms with E-state index in [0.29, 0.717) is 12.4 Å². The number of hydroxylamine groups is 1. The molecule has 1 heterocycles. The van der Waals surface area contributed by atoms with Gasteiger partial charge < -0.3 is 9.57 Å². The highest BCUT2D eigenvalue weighted by Crippen LogP contribution is 2.39. The van der Waals surface area contributed by atoms with Gasteiger partial charge in [0.05, 0.1) is 13.2 Å². The molecule has 1 N–H and O–H groups in total. The number of nitrogens with one attached hydrogen (secondary N) is 1. The van der Waals surface area contributed by atoms with Crippen LogP contribution in [0.4, 0.5) is 4.39 Å². The largest absolute Gasteiger partial charge is 0.488 e. The van der Waals surface area contributed by atoms with Gasteiger partial charge in [0.25, 0.3) is 0 Å². The summed E-state index contributed by atoms with van der Waals surface area (Å²) in [7, 11) is 1.52. The van der Waals surface area contributed by atoms with Crippen molar-refractivity contribution in [3.63, 3.8) is 0 Å². The summed E-state index contributed by atoms with van der Waals surface area (Å²) in [6, 6.07) is 2.91. The van der Waals surface area contributed by atoms with Crippen LogP contribution < -0.4 is 10.2 Å². The predicted octanol–water partition coefficient (Wildman–Crippen LogP) is 2.17. The average Bonchev–Trinajstić information content (AvgIpc) is 2.58. The first-order valence-corrected chi connectivity index (χ1v) is 4.92. The summed E-state index contributed by atoms with van der Waals surface area (Å²) < 4.78 is 19.3. The lowest BCUT2D eigenvalue weighted by atomic mass is 10.1. The predicted molar refractivity (Wildman–Crippen MR) is 52.5 cm³/mol. The van der Waals surface area contributed by atoms with Crippen LogP contribution >= 0.6 is 15.9 Å². The standard InChI is InChI=1S/C9H9BrFNO2/c1-13-12-7-4-14-9-6(11)3-2-5(10)8(7)9/h2-3,7,12H,4H2,1H3. The number of halogens is 2. The second kappa shape index (κ2) is 3.84. The molecule has 0 amide bonds. The Bertz CT molecular complexity index is 359. The Balaban J connectivity index is 2.42. The van der Waals surface area contributed by atoms with Crippen LogP contribution in [-0.4, -0.2) is 13.7 Å². The van der Waals surface area contributed by atoms with Crippen molar-refractivity contribution < 1.29 is 14.0 Å². The summed E-state index contributed by atoms with van der Waals surface area (Å²) >= 11 is 3.35. The number of hydrogen-bond donors (Lipinski definition) is 1. The van der Waals surface area contributed by atoms with E-state index in [4.69, 9.17) is 9.57 Å². The van der Waals surface area contributed by atoms with Crippen molar-refractivity contribution in [2.45, 2.75) is 6.04 Å². The van der Waals surface area contributed by atoms with Crippen molar-refractivity contribution in [1.82, 2.24) is 5.48 Å². The molecule has 3 nitrogen and oxygen atoms in total. The highest BCUT2D eigenvalue weighted by atomic mass is 79.9. The van der Waals surface area contributed by atoms with E-state index < -0.39 is 0 Å². The first kappa shape index (κ1) is 9.89. The summed E-state index contributed by atoms with van der Waals surface area (Å²) in [5.41, 5.74) is 3.52. The molecule has 2 rings (SSSR count). The van der Waals surface area contributed by atoms with Gasteiger partial charge in [-0.05, 0) is 12.1 Å². The zero-order chi connectivity index (χ0) is 10.1. The van der Waals surface area contributed by atoms with Crippen molar-refractivity contribution in [2.75, 3.05) is 13.7 Å². The molecule has 76 valence electrons. The van der Waals surface area contributed by atoms with Crippen LogP contribution in [0.15, 0.2) is 16.6 Å². The highest BCUT2D eigenvalue weighted by molar-refractivity contribution is 9.10. The van der Waals surface area contributed by atoms with Crippen LogP contribution in [-0.2, 0) is 4.84 Å². The fourth-order valence-corrected chi connectivity index (χ4v) is 2.09. The molecule has 5 heteroatoms. The van der Waals surface area contributed by atoms with E-state index in [-0.39, 0.29) is 11.9 Å². The van der Waals surface area contributed by atoms with Crippen molar-refractivity contribution in [1.29, 1.82) is 0 Å². The second-order valence-corrected chi connectivity index (χ2v) is 3.81. The molecule has 1 atom stereocenters. The van der Waals surface area contributed by atoms with E-state index in [2.05, 4.69) is 21.4 Å². The molecule has 0 aliphatic carbocycles. The van der Waals surface area contributed by atoms with Crippen LogP contribution in [0.25, 0.3) is 0 Å². The quantitative estimate of drug-likeness (QED) is 0.828. The van der Waals surface area contributed by atoms with E-state index in [9.17, 15) is 4.39 Å². The van der Waals surface area contributed by atoms with Crippen LogP contribution in [0.5, 0.6) is 5.75 Å². The lowest BCUT2D eigenvalue weighted by Gasteiger charge is -2.09. The summed E-state index contributed by atoms with van der Waals surface area (Å²) in [6.07, 6.45) is 0. The molecule has 0 radical (unpaired) electrons. The van der Waals surface area contributed by atoms with E-state index in [0.717, 1.165) is 10.0 Å². The normalized spacial score (nSPS) is 19.2. The topological polar surface area (TPSA) is 30.5 Å². The maximum Gasteiger partial charge on any atom is 0.165 e. The molecule has 14 heavy (non-hydrogen) atoms. The van der Waals surface area contributed by atoms with Crippen molar-refractivity contribution in [3.8, 4) is 5.75 Å². The minimum absolute atomic E-state index is 0.125. The molecular weight excluding hydrogens is 253 g/mol. The average molecular weight is 262 g/mol. The summed E-state index contributed by atoms with van der Waals surface area (Å²) in [4.78, 5) is 4.80. The maximum absolute atomic E-state index is 13.3. The van der Waals surface area contributed by atoms with Crippen molar-refractivity contribution >= 4 is 15.9 Å². The van der Waals surface area contributed by atoms with Gasteiger partial charge in [-0.15, -0.1) is 0 Å². The Hall–Kier alpha value is -0.650. The van der Waals surface area contributed by atoms with Gasteiger partial charge in [-0.3, -0.25) is 0 Å². The fraction of sp³-hybridized carbons (Fsp3) is 0.333. The van der Waals surface area contributed by atoms with Gasteiger partial charge in [0, 0.05) is 10.0 Å². The van der Waals surface area contributed by atoms with Gasteiger partial charge in [0.2, 0.25) is 0 Å². The van der Waals surface area contributed by atoms with E-state index in [1.165, 1.54) is 13.2 Å². The summed E-state index contributed by atoms with van der Waals surface area (Å²) in [6.45, 7) is 0.378. The van der Waals surface area contributed by atoms with Crippen LogP contribution in [0.3, 0.4) is 0 Å². The molecule has 0 aromatic heterocycles. The second-order valence-electron chi connectivity index (χ2n) is 2.96. The maximum atomic E-state index is 13.3. The minimum atomic E-state index is -0.344. The third kappa shape index (κ3) is 1.51. The molecule has 1 aromatic carbocycles. The Morgan fingerprint density at radius 3 is 3.14 bits per heavy atom. The first-order chi connectivity index (χ1) is 6.74. The molecule has 1 aromatic rings. The number of fused-ring (bicyclic) bond motifs is 1. The van der Waals surface area contributed by atoms with Gasteiger partial charge in [-0.2, -0.15) is 5.48 Å². The summed E-state index contributed by atoms with van der Waals surface area (Å²) in [5, 5.41) is 0. The molecular formula is C9H9BrFNO2. The molecule has 0 spiro atoms. The molecule has 0 saturated carbocycles. The SMILES string of the molecule is CONC1COc2c(F)ccc(Br)c21. The van der Waals surface area contributed by atoms with Crippen molar-refractivity contribution in [2.24, 2.45) is 0 Å². The van der Waals surface area contributed by atoms with Gasteiger partial charge >= 0.3 is 0 Å². The van der Waals surface area contributed by atoms with Gasteiger partial charge in [-0.1, -0.05) is 15.9 Å². The molecule has 0 saturated heterocycles. The highest BCUT2D eigenvalue weighted by Gasteiger charge is 2.29. The first-order valence-electron chi connectivity index (χ1n) is 4.13. The third-order valence-electron chi connectivity index (χ3n) is 2.10. The fourth-order valence-electron chi connectivity index (χ4n) is 1.51. The number of benzene rings is 1. The van der Waals surface area contributed by atoms with E-state index in [1.807, 2.05) is 0 Å². The van der Waals surface area contributed by atoms with E-state index >= 15 is 0 Å². The van der Waals surface area contributed by atoms with Crippen LogP contribution in [0, 0.1) is 5.82 Å². The Morgan fingerprint density at radius 1 is 1.64 bits per heavy atom. The van der Waals surface area contributed by atoms with Crippen LogP contribution in [0.1, 0.15) is 11.6 Å². The Labute approximate surface area is 89.3 Å². The van der Waals surface area contributed by atoms with Gasteiger partial charge in [0.15, 0.2) is 11.6 Å². The number of ether oxygens (including phenoxy) is 1.